The highest BCUT2D eigenvalue weighted by atomic mass is 32.2. The Morgan fingerprint density at radius 1 is 0.409 bits per heavy atom. The van der Waals surface area contributed by atoms with Crippen molar-refractivity contribution in [3.8, 4) is 0 Å². The van der Waals surface area contributed by atoms with Crippen LogP contribution in [-0.4, -0.2) is 196 Å². The third kappa shape index (κ3) is 16.0. The van der Waals surface area contributed by atoms with E-state index in [9.17, 15) is 18.0 Å². The number of rotatable bonds is 9. The molecule has 2 amide bonds. The van der Waals surface area contributed by atoms with Crippen LogP contribution in [0.3, 0.4) is 0 Å². The van der Waals surface area contributed by atoms with Gasteiger partial charge in [0.05, 0.1) is 63.3 Å². The van der Waals surface area contributed by atoms with E-state index in [2.05, 4.69) is 157 Å². The molecule has 4 saturated heterocycles. The van der Waals surface area contributed by atoms with Crippen molar-refractivity contribution in [1.82, 2.24) is 74.9 Å². The van der Waals surface area contributed by atoms with Crippen LogP contribution in [0.2, 0.25) is 0 Å². The Bertz CT molecular complexity index is 6840. The van der Waals surface area contributed by atoms with Crippen LogP contribution in [0.25, 0.3) is 109 Å². The maximum atomic E-state index is 12.4. The molecule has 26 heteroatoms. The summed E-state index contributed by atoms with van der Waals surface area (Å²) in [5.41, 5.74) is 37.6. The van der Waals surface area contributed by atoms with E-state index in [4.69, 9.17) is 16.5 Å². The molecule has 5 aromatic carbocycles. The summed E-state index contributed by atoms with van der Waals surface area (Å²) in [7, 11) is -3.34. The van der Waals surface area contributed by atoms with E-state index in [1.54, 1.807) is 16.7 Å². The molecule has 10 aliphatic rings. The molecular weight excluding hydrogens is 1600 g/mol. The summed E-state index contributed by atoms with van der Waals surface area (Å²) >= 11 is 0. The highest BCUT2D eigenvalue weighted by molar-refractivity contribution is 7.88. The Labute approximate surface area is 740 Å². The second-order valence-corrected chi connectivity index (χ2v) is 39.4. The molecule has 658 valence electrons. The summed E-state index contributed by atoms with van der Waals surface area (Å²) in [6.45, 7) is 17.0. The predicted molar refractivity (Wildman–Crippen MR) is 514 cm³/mol. The maximum Gasteiger partial charge on any atom is 0.236 e. The maximum absolute atomic E-state index is 12.4. The molecule has 0 spiro atoms. The van der Waals surface area contributed by atoms with Gasteiger partial charge in [0.15, 0.2) is 0 Å². The molecule has 0 bridgehead atoms. The van der Waals surface area contributed by atoms with Crippen molar-refractivity contribution in [2.24, 2.45) is 17.4 Å². The van der Waals surface area contributed by atoms with E-state index < -0.39 is 15.6 Å². The van der Waals surface area contributed by atoms with Crippen LogP contribution in [0, 0.1) is 5.92 Å². The van der Waals surface area contributed by atoms with Crippen LogP contribution in [0.15, 0.2) is 116 Å². The van der Waals surface area contributed by atoms with Gasteiger partial charge in [-0.05, 0) is 309 Å². The van der Waals surface area contributed by atoms with E-state index in [0.717, 1.165) is 218 Å². The molecule has 25 nitrogen and oxygen atoms in total. The van der Waals surface area contributed by atoms with E-state index >= 15 is 0 Å². The lowest BCUT2D eigenvalue weighted by molar-refractivity contribution is -0.133. The topological polar surface area (TPSA) is 320 Å². The third-order valence-corrected chi connectivity index (χ3v) is 30.0. The van der Waals surface area contributed by atoms with Crippen molar-refractivity contribution < 1.29 is 18.0 Å². The lowest BCUT2D eigenvalue weighted by Crippen LogP contribution is -2.50. The average Bonchev–Trinajstić information content (AvgIpc) is 1.74. The second-order valence-electron chi connectivity index (χ2n) is 37.6. The van der Waals surface area contributed by atoms with Gasteiger partial charge in [0.2, 0.25) is 21.8 Å². The number of fused-ring (bicyclic) bond motifs is 25. The van der Waals surface area contributed by atoms with Crippen molar-refractivity contribution in [2.45, 2.75) is 180 Å². The van der Waals surface area contributed by atoms with Crippen LogP contribution in [-0.2, 0) is 89.4 Å². The number of pyridine rings is 5. The lowest BCUT2D eigenvalue weighted by atomic mass is 9.83. The Kier molecular flexibility index (Phi) is 22.6. The van der Waals surface area contributed by atoms with Gasteiger partial charge >= 0.3 is 0 Å². The van der Waals surface area contributed by atoms with E-state index in [1.165, 1.54) is 211 Å². The number of aromatic nitrogens is 11. The van der Waals surface area contributed by atoms with Gasteiger partial charge in [-0.2, -0.15) is 5.10 Å². The normalized spacial score (nSPS) is 18.2. The smallest absolute Gasteiger partial charge is 0.236 e. The monoisotopic (exact) mass is 1720 g/mol. The summed E-state index contributed by atoms with van der Waals surface area (Å²) in [5.74, 6) is 6.01. The van der Waals surface area contributed by atoms with Crippen molar-refractivity contribution in [3.05, 3.63) is 177 Å². The van der Waals surface area contributed by atoms with Crippen molar-refractivity contribution in [3.63, 3.8) is 0 Å². The minimum absolute atomic E-state index is 0.0465. The molecule has 10 aromatic heterocycles. The van der Waals surface area contributed by atoms with Gasteiger partial charge < -0.3 is 66.1 Å². The zero-order chi connectivity index (χ0) is 86.2. The number of sulfonamides is 1. The first kappa shape index (κ1) is 82.7. The first-order chi connectivity index (χ1) is 62.0. The van der Waals surface area contributed by atoms with Crippen LogP contribution in [0.4, 0.5) is 23.3 Å². The van der Waals surface area contributed by atoms with Gasteiger partial charge in [-0.3, -0.25) is 39.6 Å². The molecule has 6 aliphatic carbocycles. The standard InChI is InChI=1S/C23H26N4O.C21H25N5O.C20H24N4.C19H22N4.C18H22N4O2S/c28-23(15-5-6-15)27-13-11-26(12-14-27)22-17-4-2-1-3-16(17)21-18-9-10-24-19(18)7-8-20(21)25-22;22-13-19(27)25-9-11-26(12-10-25)21-15-4-2-1-3-14(15)20-16-7-8-23-17(16)5-6-18(20)24-21;21-13-8-11-24(12-9-13)20-15-4-2-1-3-14(15)19-16-7-10-22-17(16)5-6-18(19)23-20;1-2-4-14-13(3-1)18-15-7-8-21-16(15)5-6-17(18)22-19(14)23-11-9-20-10-12-23;1-18(2,22-25(3,23)24)17-12-7-5-4-6-11(12)16-13-10-19-21-14(13)8-9-15(16)20-17/h7-10,15,25H,1-6,11-14H2;5-8,24H,1-4,9-13,22H2;5-7,10,13,23H,1-4,8-9,11-12,21H2;5-8,20,22H,1-4,9-12H2;8-10,22H,4-7H2,1-3H3,(H,19,21). The van der Waals surface area contributed by atoms with Crippen molar-refractivity contribution >= 4 is 154 Å². The molecule has 0 unspecified atom stereocenters. The molecule has 14 heterocycles. The Morgan fingerprint density at radius 2 is 0.756 bits per heavy atom. The number of carbonyl (C=O) groups is 2. The van der Waals surface area contributed by atoms with Crippen molar-refractivity contribution in [2.75, 3.05) is 124 Å². The largest absolute Gasteiger partial charge is 0.358 e. The first-order valence-electron chi connectivity index (χ1n) is 47.2. The van der Waals surface area contributed by atoms with E-state index in [-0.39, 0.29) is 12.5 Å². The molecule has 25 rings (SSSR count). The van der Waals surface area contributed by atoms with E-state index in [1.807, 2.05) is 61.9 Å². The predicted octanol–water partition coefficient (Wildman–Crippen LogP) is 15.2. The zero-order valence-electron chi connectivity index (χ0n) is 73.8. The molecule has 0 radical (unpaired) electrons. The van der Waals surface area contributed by atoms with Crippen LogP contribution in [0.1, 0.15) is 165 Å². The average molecular weight is 1720 g/mol. The number of piperidine rings is 1. The number of aryl methyl sites for hydroxylation is 5. The van der Waals surface area contributed by atoms with Crippen LogP contribution in [0.5, 0.6) is 0 Å². The Morgan fingerprint density at radius 3 is 1.14 bits per heavy atom. The Hall–Kier alpha value is -11.3. The van der Waals surface area contributed by atoms with Crippen LogP contribution >= 0.6 is 0 Å². The highest BCUT2D eigenvalue weighted by Crippen LogP contribution is 2.45. The number of aromatic amines is 5. The number of anilines is 4. The molecular formula is C101H119N21O4S. The molecule has 15 aromatic rings. The van der Waals surface area contributed by atoms with Crippen LogP contribution < -0.4 is 41.1 Å². The number of piperazine rings is 3. The fourth-order valence-electron chi connectivity index (χ4n) is 22.8. The van der Waals surface area contributed by atoms with Gasteiger partial charge in [0, 0.05) is 204 Å². The second kappa shape index (κ2) is 34.7. The van der Waals surface area contributed by atoms with Gasteiger partial charge in [0.1, 0.15) is 23.3 Å². The number of carbonyl (C=O) groups excluding carboxylic acids is 2. The summed E-state index contributed by atoms with van der Waals surface area (Å²) in [6, 6.07) is 30.3. The first-order valence-corrected chi connectivity index (χ1v) is 49.1. The number of hydrogen-bond acceptors (Lipinski definition) is 17. The fraction of sp³-hybridized carbons (Fsp3) is 0.446. The highest BCUT2D eigenvalue weighted by Gasteiger charge is 2.38. The minimum atomic E-state index is -3.34. The molecule has 5 fully saturated rings. The SMILES string of the molecule is CC(C)(NS(C)(=O)=O)c1nc2ccc3[nH]ncc3c2c2c1CCCC2.NC1CCN(c2[nH]c3ccc4nccc4c3c3c2CCCC3)CC1.NCC(=O)N1CCN(c2[nH]c3ccc4nccc4c3c3c2CCCC3)CC1.O=C(C1CC1)N1CCN(c2[nH]c3ccc4nccc4c3c3c2CCCC3)CC1.c1cc2c(ccc3[nH]c(N4CCNCC4)c4c(c32)CCCC4)n1. The summed E-state index contributed by atoms with van der Waals surface area (Å²) < 4.78 is 26.4. The number of benzene rings is 5. The lowest BCUT2D eigenvalue weighted by Gasteiger charge is -2.38. The molecule has 4 aliphatic heterocycles. The summed E-state index contributed by atoms with van der Waals surface area (Å²) in [6.07, 6.45) is 38.8. The van der Waals surface area contributed by atoms with Gasteiger partial charge in [-0.25, -0.2) is 13.1 Å². The minimum Gasteiger partial charge on any atom is -0.358 e. The van der Waals surface area contributed by atoms with E-state index in [0.29, 0.717) is 17.9 Å². The molecule has 1 saturated carbocycles. The van der Waals surface area contributed by atoms with Gasteiger partial charge in [-0.15, -0.1) is 0 Å². The molecule has 11 N–H and O–H groups in total. The van der Waals surface area contributed by atoms with Gasteiger partial charge in [0.25, 0.3) is 0 Å². The fourth-order valence-corrected chi connectivity index (χ4v) is 23.9. The number of nitrogens with zero attached hydrogens (tertiary/aromatic N) is 12. The number of hydrogen-bond donors (Lipinski definition) is 9. The molecule has 0 atom stereocenters. The molecule has 127 heavy (non-hydrogen) atoms. The zero-order valence-corrected chi connectivity index (χ0v) is 74.6. The Balaban J connectivity index is 0.0000000968. The number of nitrogens with one attached hydrogen (secondary N) is 7. The summed E-state index contributed by atoms with van der Waals surface area (Å²) in [4.78, 5) is 76.2. The van der Waals surface area contributed by atoms with Gasteiger partial charge in [-0.1, -0.05) is 0 Å². The third-order valence-electron chi connectivity index (χ3n) is 29.1. The van der Waals surface area contributed by atoms with Crippen molar-refractivity contribution in [1.29, 1.82) is 0 Å². The number of H-pyrrole nitrogens is 5. The quantitative estimate of drug-likeness (QED) is 0.0648. The number of amides is 2. The summed E-state index contributed by atoms with van der Waals surface area (Å²) in [5, 5.41) is 23.6. The number of nitrogens with two attached hydrogens (primary N) is 2.